The first-order valence-electron chi connectivity index (χ1n) is 22.8. The van der Waals surface area contributed by atoms with E-state index in [9.17, 15) is 0 Å². The van der Waals surface area contributed by atoms with Crippen LogP contribution in [0.2, 0.25) is 0 Å². The molecule has 0 saturated carbocycles. The normalized spacial score (nSPS) is 13.9. The van der Waals surface area contributed by atoms with E-state index in [0.29, 0.717) is 0 Å². The van der Waals surface area contributed by atoms with Crippen molar-refractivity contribution in [1.29, 1.82) is 0 Å². The maximum Gasteiger partial charge on any atom is 0.0714 e. The summed E-state index contributed by atoms with van der Waals surface area (Å²) >= 11 is 0. The molecule has 1 heteroatoms. The van der Waals surface area contributed by atoms with Crippen LogP contribution in [-0.4, -0.2) is 0 Å². The minimum absolute atomic E-state index is 0.170. The third-order valence-corrected chi connectivity index (χ3v) is 14.7. The zero-order chi connectivity index (χ0) is 43.3. The number of fused-ring (bicyclic) bond motifs is 14. The predicted octanol–water partition coefficient (Wildman–Crippen LogP) is 16.8. The van der Waals surface area contributed by atoms with Crippen LogP contribution >= 0.6 is 0 Å². The molecule has 65 heavy (non-hydrogen) atoms. The van der Waals surface area contributed by atoms with Gasteiger partial charge in [-0.25, -0.2) is 0 Å². The maximum absolute atomic E-state index is 2.56. The van der Waals surface area contributed by atoms with Gasteiger partial charge >= 0.3 is 0 Å². The molecular formula is C64H45N. The van der Waals surface area contributed by atoms with Gasteiger partial charge in [0.15, 0.2) is 0 Å². The van der Waals surface area contributed by atoms with Crippen LogP contribution in [0.15, 0.2) is 237 Å². The molecule has 0 bridgehead atoms. The SMILES string of the molecule is CC1(C)c2ccccc2-c2ccc(N(c3ccc4c(c3)-c3ccccc3-c3ccccc3-c3ccccc3-4)c3cccc4c3-c3ccccc3C4(c3ccccc3)c3ccccc3)cc21. The van der Waals surface area contributed by atoms with Crippen LogP contribution in [0.3, 0.4) is 0 Å². The van der Waals surface area contributed by atoms with E-state index >= 15 is 0 Å². The van der Waals surface area contributed by atoms with Crippen LogP contribution in [-0.2, 0) is 10.8 Å². The van der Waals surface area contributed by atoms with Crippen molar-refractivity contribution in [1.82, 2.24) is 0 Å². The van der Waals surface area contributed by atoms with E-state index in [2.05, 4.69) is 255 Å². The monoisotopic (exact) mass is 827 g/mol. The molecular weight excluding hydrogens is 783 g/mol. The van der Waals surface area contributed by atoms with Gasteiger partial charge in [-0.3, -0.25) is 0 Å². The molecule has 0 unspecified atom stereocenters. The van der Waals surface area contributed by atoms with Gasteiger partial charge in [-0.2, -0.15) is 0 Å². The number of anilines is 3. The van der Waals surface area contributed by atoms with Crippen molar-refractivity contribution in [2.75, 3.05) is 4.90 Å². The molecule has 1 nitrogen and oxygen atoms in total. The van der Waals surface area contributed by atoms with E-state index < -0.39 is 5.41 Å². The third-order valence-electron chi connectivity index (χ3n) is 14.7. The zero-order valence-electron chi connectivity index (χ0n) is 36.5. The van der Waals surface area contributed by atoms with Crippen LogP contribution in [0.25, 0.3) is 66.8 Å². The maximum atomic E-state index is 2.56. The zero-order valence-corrected chi connectivity index (χ0v) is 36.5. The van der Waals surface area contributed by atoms with Gasteiger partial charge in [-0.05, 0) is 125 Å². The minimum Gasteiger partial charge on any atom is -0.310 e. The highest BCUT2D eigenvalue weighted by Crippen LogP contribution is 2.60. The highest BCUT2D eigenvalue weighted by atomic mass is 15.1. The lowest BCUT2D eigenvalue weighted by molar-refractivity contribution is 0.660. The van der Waals surface area contributed by atoms with E-state index in [-0.39, 0.29) is 5.41 Å². The van der Waals surface area contributed by atoms with Crippen molar-refractivity contribution < 1.29 is 0 Å². The largest absolute Gasteiger partial charge is 0.310 e. The highest BCUT2D eigenvalue weighted by Gasteiger charge is 2.47. The van der Waals surface area contributed by atoms with E-state index in [4.69, 9.17) is 0 Å². The Morgan fingerprint density at radius 1 is 0.277 bits per heavy atom. The lowest BCUT2D eigenvalue weighted by atomic mass is 9.68. The lowest BCUT2D eigenvalue weighted by Gasteiger charge is -2.34. The lowest BCUT2D eigenvalue weighted by Crippen LogP contribution is -2.28. The average molecular weight is 828 g/mol. The van der Waals surface area contributed by atoms with Crippen molar-refractivity contribution in [3.8, 4) is 66.8 Å². The number of hydrogen-bond donors (Lipinski definition) is 0. The van der Waals surface area contributed by atoms with Gasteiger partial charge in [0, 0.05) is 22.4 Å². The second kappa shape index (κ2) is 14.3. The summed E-state index contributed by atoms with van der Waals surface area (Å²) in [6.45, 7) is 4.77. The molecule has 0 amide bonds. The summed E-state index contributed by atoms with van der Waals surface area (Å²) in [7, 11) is 0. The third kappa shape index (κ3) is 5.33. The van der Waals surface area contributed by atoms with Crippen molar-refractivity contribution in [3.05, 3.63) is 270 Å². The van der Waals surface area contributed by atoms with Crippen LogP contribution in [0.5, 0.6) is 0 Å². The summed E-state index contributed by atoms with van der Waals surface area (Å²) in [5.41, 5.74) is 25.6. The Balaban J connectivity index is 1.12. The van der Waals surface area contributed by atoms with E-state index in [0.717, 1.165) is 17.1 Å². The summed E-state index contributed by atoms with van der Waals surface area (Å²) in [5, 5.41) is 0. The molecule has 10 aromatic rings. The quantitative estimate of drug-likeness (QED) is 0.167. The van der Waals surface area contributed by atoms with Crippen molar-refractivity contribution in [3.63, 3.8) is 0 Å². The second-order valence-electron chi connectivity index (χ2n) is 18.3. The van der Waals surface area contributed by atoms with Crippen LogP contribution in [0.1, 0.15) is 47.2 Å². The summed E-state index contributed by atoms with van der Waals surface area (Å²) in [6.07, 6.45) is 0. The first kappa shape index (κ1) is 37.5. The summed E-state index contributed by atoms with van der Waals surface area (Å²) in [5.74, 6) is 0. The van der Waals surface area contributed by atoms with Crippen LogP contribution in [0.4, 0.5) is 17.1 Å². The Morgan fingerprint density at radius 3 is 1.25 bits per heavy atom. The number of hydrogen-bond acceptors (Lipinski definition) is 1. The Hall–Kier alpha value is -8.00. The predicted molar refractivity (Wildman–Crippen MR) is 271 cm³/mol. The molecule has 0 heterocycles. The smallest absolute Gasteiger partial charge is 0.0714 e. The molecule has 0 aromatic heterocycles. The molecule has 0 fully saturated rings. The minimum atomic E-state index is -0.528. The van der Waals surface area contributed by atoms with E-state index in [1.165, 1.54) is 100 Å². The van der Waals surface area contributed by atoms with E-state index in [1.807, 2.05) is 0 Å². The van der Waals surface area contributed by atoms with Gasteiger partial charge in [0.05, 0.1) is 11.1 Å². The fourth-order valence-electron chi connectivity index (χ4n) is 11.9. The topological polar surface area (TPSA) is 3.24 Å². The molecule has 3 aliphatic rings. The molecule has 0 saturated heterocycles. The first-order chi connectivity index (χ1) is 32.0. The molecule has 3 aliphatic carbocycles. The molecule has 10 aromatic carbocycles. The van der Waals surface area contributed by atoms with Gasteiger partial charge in [0.25, 0.3) is 0 Å². The average Bonchev–Trinajstić information content (AvgIpc) is 3.80. The van der Waals surface area contributed by atoms with Gasteiger partial charge < -0.3 is 4.90 Å². The number of benzene rings is 10. The molecule has 0 radical (unpaired) electrons. The highest BCUT2D eigenvalue weighted by molar-refractivity contribution is 6.05. The first-order valence-corrected chi connectivity index (χ1v) is 22.8. The Bertz CT molecular complexity index is 3480. The van der Waals surface area contributed by atoms with Gasteiger partial charge in [0.1, 0.15) is 0 Å². The summed E-state index contributed by atoms with van der Waals surface area (Å²) in [6, 6.07) is 88.6. The second-order valence-corrected chi connectivity index (χ2v) is 18.3. The Labute approximate surface area is 381 Å². The van der Waals surface area contributed by atoms with Crippen LogP contribution in [0, 0.1) is 0 Å². The fourth-order valence-corrected chi connectivity index (χ4v) is 11.9. The van der Waals surface area contributed by atoms with Gasteiger partial charge in [-0.15, -0.1) is 0 Å². The van der Waals surface area contributed by atoms with Crippen molar-refractivity contribution >= 4 is 17.1 Å². The fraction of sp³-hybridized carbons (Fsp3) is 0.0625. The van der Waals surface area contributed by atoms with Gasteiger partial charge in [-0.1, -0.05) is 220 Å². The summed E-state index contributed by atoms with van der Waals surface area (Å²) < 4.78 is 0. The number of rotatable bonds is 5. The van der Waals surface area contributed by atoms with E-state index in [1.54, 1.807) is 0 Å². The Kier molecular flexibility index (Phi) is 8.24. The van der Waals surface area contributed by atoms with Crippen molar-refractivity contribution in [2.24, 2.45) is 0 Å². The standard InChI is InChI=1S/C64H45N/c1-63(2)57-32-17-15-30-53(57)54-39-37-45(41-60(54)63)65(44-36-38-52-50-28-12-11-26-48(50)46-24-9-10-25-47(46)49-27-13-14-29-51(49)56(52)40-44)61-35-19-34-59-62(61)55-31-16-18-33-58(55)64(59,42-20-5-3-6-21-42)43-22-7-4-8-23-43/h3-41H,1-2H3. The molecule has 0 atom stereocenters. The molecule has 306 valence electrons. The Morgan fingerprint density at radius 2 is 0.677 bits per heavy atom. The molecule has 0 aliphatic heterocycles. The number of nitrogens with zero attached hydrogens (tertiary/aromatic N) is 1. The molecule has 0 spiro atoms. The molecule has 0 N–H and O–H groups in total. The van der Waals surface area contributed by atoms with Gasteiger partial charge in [0.2, 0.25) is 0 Å². The summed E-state index contributed by atoms with van der Waals surface area (Å²) in [4.78, 5) is 2.56. The van der Waals surface area contributed by atoms with Crippen molar-refractivity contribution in [2.45, 2.75) is 24.7 Å². The van der Waals surface area contributed by atoms with Crippen LogP contribution < -0.4 is 4.90 Å². The molecule has 13 rings (SSSR count).